The lowest BCUT2D eigenvalue weighted by Gasteiger charge is -2.07. The monoisotopic (exact) mass is 287 g/mol. The number of hydrogen-bond donors (Lipinski definition) is 2. The summed E-state index contributed by atoms with van der Waals surface area (Å²) in [7, 11) is 0. The topological polar surface area (TPSA) is 66.4 Å². The van der Waals surface area contributed by atoms with Gasteiger partial charge < -0.3 is 10.4 Å². The molecule has 0 unspecified atom stereocenters. The van der Waals surface area contributed by atoms with E-state index < -0.39 is 11.9 Å². The van der Waals surface area contributed by atoms with Crippen molar-refractivity contribution in [2.24, 2.45) is 0 Å². The maximum Gasteiger partial charge on any atom is 0.331 e. The number of rotatable bonds is 3. The molecule has 0 aliphatic carbocycles. The first-order valence-electron chi connectivity index (χ1n) is 5.00. The van der Waals surface area contributed by atoms with E-state index in [-0.39, 0.29) is 11.1 Å². The van der Waals surface area contributed by atoms with Gasteiger partial charge in [0.05, 0.1) is 10.0 Å². The largest absolute Gasteiger partial charge is 0.478 e. The molecule has 0 aliphatic heterocycles. The van der Waals surface area contributed by atoms with E-state index in [0.717, 1.165) is 0 Å². The van der Waals surface area contributed by atoms with Crippen LogP contribution in [0.1, 0.15) is 13.8 Å². The molecule has 0 fully saturated rings. The summed E-state index contributed by atoms with van der Waals surface area (Å²) >= 11 is 11.5. The van der Waals surface area contributed by atoms with Crippen LogP contribution < -0.4 is 5.32 Å². The third-order valence-corrected chi connectivity index (χ3v) is 3.14. The first kappa shape index (κ1) is 14.5. The SMILES string of the molecule is C/C(C(=O)O)=C(\C)C(=O)Nc1ccc(Cl)c(Cl)c1. The number of carbonyl (C=O) groups excluding carboxylic acids is 1. The summed E-state index contributed by atoms with van der Waals surface area (Å²) in [6.07, 6.45) is 0. The first-order chi connectivity index (χ1) is 8.32. The van der Waals surface area contributed by atoms with Gasteiger partial charge in [0.25, 0.3) is 5.91 Å². The third kappa shape index (κ3) is 3.48. The number of halogens is 2. The fourth-order valence-corrected chi connectivity index (χ4v) is 1.43. The highest BCUT2D eigenvalue weighted by Crippen LogP contribution is 2.25. The Labute approximate surface area is 114 Å². The number of aliphatic carboxylic acids is 1. The van der Waals surface area contributed by atoms with Gasteiger partial charge in [-0.3, -0.25) is 4.79 Å². The molecule has 0 atom stereocenters. The summed E-state index contributed by atoms with van der Waals surface area (Å²) in [5.74, 6) is -1.62. The van der Waals surface area contributed by atoms with Crippen molar-refractivity contribution in [2.45, 2.75) is 13.8 Å². The van der Waals surface area contributed by atoms with Crippen molar-refractivity contribution in [3.63, 3.8) is 0 Å². The molecule has 0 aliphatic rings. The highest BCUT2D eigenvalue weighted by Gasteiger charge is 2.13. The maximum absolute atomic E-state index is 11.7. The third-order valence-electron chi connectivity index (χ3n) is 2.40. The lowest BCUT2D eigenvalue weighted by molar-refractivity contribution is -0.133. The van der Waals surface area contributed by atoms with Crippen LogP contribution in [0.15, 0.2) is 29.3 Å². The van der Waals surface area contributed by atoms with Crippen LogP contribution in [0.5, 0.6) is 0 Å². The molecule has 18 heavy (non-hydrogen) atoms. The average molecular weight is 288 g/mol. The van der Waals surface area contributed by atoms with E-state index in [4.69, 9.17) is 28.3 Å². The van der Waals surface area contributed by atoms with Crippen LogP contribution in [-0.4, -0.2) is 17.0 Å². The highest BCUT2D eigenvalue weighted by atomic mass is 35.5. The van der Waals surface area contributed by atoms with E-state index in [1.165, 1.54) is 19.9 Å². The van der Waals surface area contributed by atoms with Gasteiger partial charge in [-0.1, -0.05) is 23.2 Å². The molecule has 1 aromatic rings. The molecule has 2 N–H and O–H groups in total. The number of carboxylic acid groups (broad SMARTS) is 1. The number of carbonyl (C=O) groups is 2. The number of amides is 1. The van der Waals surface area contributed by atoms with Crippen molar-refractivity contribution in [1.29, 1.82) is 0 Å². The van der Waals surface area contributed by atoms with Gasteiger partial charge in [-0.15, -0.1) is 0 Å². The molecule has 1 rings (SSSR count). The zero-order valence-corrected chi connectivity index (χ0v) is 11.3. The van der Waals surface area contributed by atoms with Gasteiger partial charge in [-0.2, -0.15) is 0 Å². The second kappa shape index (κ2) is 5.89. The smallest absolute Gasteiger partial charge is 0.331 e. The molecular weight excluding hydrogens is 277 g/mol. The van der Waals surface area contributed by atoms with E-state index in [1.807, 2.05) is 0 Å². The lowest BCUT2D eigenvalue weighted by Crippen LogP contribution is -2.16. The summed E-state index contributed by atoms with van der Waals surface area (Å²) in [4.78, 5) is 22.5. The van der Waals surface area contributed by atoms with Crippen LogP contribution in [0.25, 0.3) is 0 Å². The average Bonchev–Trinajstić information content (AvgIpc) is 2.31. The molecule has 6 heteroatoms. The Morgan fingerprint density at radius 3 is 2.22 bits per heavy atom. The maximum atomic E-state index is 11.7. The minimum atomic E-state index is -1.13. The minimum absolute atomic E-state index is 0.00689. The molecule has 0 aromatic heterocycles. The summed E-state index contributed by atoms with van der Waals surface area (Å²) in [5.41, 5.74) is 0.577. The minimum Gasteiger partial charge on any atom is -0.478 e. The van der Waals surface area contributed by atoms with Gasteiger partial charge in [0.1, 0.15) is 0 Å². The van der Waals surface area contributed by atoms with Gasteiger partial charge in [-0.25, -0.2) is 4.79 Å². The molecule has 1 amide bonds. The molecule has 96 valence electrons. The number of benzene rings is 1. The van der Waals surface area contributed by atoms with E-state index >= 15 is 0 Å². The van der Waals surface area contributed by atoms with Crippen LogP contribution in [0.4, 0.5) is 5.69 Å². The van der Waals surface area contributed by atoms with E-state index in [9.17, 15) is 9.59 Å². The zero-order chi connectivity index (χ0) is 13.9. The molecule has 0 bridgehead atoms. The van der Waals surface area contributed by atoms with Crippen molar-refractivity contribution < 1.29 is 14.7 Å². The Morgan fingerprint density at radius 2 is 1.72 bits per heavy atom. The second-order valence-electron chi connectivity index (χ2n) is 3.64. The molecule has 0 heterocycles. The van der Waals surface area contributed by atoms with Gasteiger partial charge in [0.15, 0.2) is 0 Å². The quantitative estimate of drug-likeness (QED) is 0.838. The van der Waals surface area contributed by atoms with E-state index in [1.54, 1.807) is 12.1 Å². The van der Waals surface area contributed by atoms with Crippen LogP contribution >= 0.6 is 23.2 Å². The predicted molar refractivity (Wildman–Crippen MR) is 71.1 cm³/mol. The number of carboxylic acids is 1. The molecular formula is C12H11Cl2NO3. The van der Waals surface area contributed by atoms with Gasteiger partial charge in [0.2, 0.25) is 0 Å². The predicted octanol–water partition coefficient (Wildman–Crippen LogP) is 3.35. The Balaban J connectivity index is 2.92. The first-order valence-corrected chi connectivity index (χ1v) is 5.75. The van der Waals surface area contributed by atoms with Crippen molar-refractivity contribution in [3.8, 4) is 0 Å². The number of nitrogens with one attached hydrogen (secondary N) is 1. The Kier molecular flexibility index (Phi) is 4.76. The van der Waals surface area contributed by atoms with Crippen LogP contribution in [-0.2, 0) is 9.59 Å². The summed E-state index contributed by atoms with van der Waals surface area (Å²) in [6, 6.07) is 4.61. The van der Waals surface area contributed by atoms with Crippen LogP contribution in [0, 0.1) is 0 Å². The summed E-state index contributed by atoms with van der Waals surface area (Å²) in [5, 5.41) is 12.0. The summed E-state index contributed by atoms with van der Waals surface area (Å²) in [6.45, 7) is 2.81. The fourth-order valence-electron chi connectivity index (χ4n) is 1.13. The van der Waals surface area contributed by atoms with Gasteiger partial charge >= 0.3 is 5.97 Å². The fraction of sp³-hybridized carbons (Fsp3) is 0.167. The number of anilines is 1. The van der Waals surface area contributed by atoms with Gasteiger partial charge in [-0.05, 0) is 32.0 Å². The van der Waals surface area contributed by atoms with E-state index in [2.05, 4.69) is 5.32 Å². The zero-order valence-electron chi connectivity index (χ0n) is 9.75. The lowest BCUT2D eigenvalue weighted by atomic mass is 10.1. The molecule has 0 saturated carbocycles. The number of hydrogen-bond acceptors (Lipinski definition) is 2. The van der Waals surface area contributed by atoms with Crippen LogP contribution in [0.2, 0.25) is 10.0 Å². The Bertz CT molecular complexity index is 538. The molecule has 0 saturated heterocycles. The van der Waals surface area contributed by atoms with Crippen molar-refractivity contribution in [3.05, 3.63) is 39.4 Å². The van der Waals surface area contributed by atoms with Crippen molar-refractivity contribution in [1.82, 2.24) is 0 Å². The normalized spacial score (nSPS) is 11.8. The molecule has 0 spiro atoms. The molecule has 0 radical (unpaired) electrons. The standard InChI is InChI=1S/C12H11Cl2NO3/c1-6(7(2)12(17)18)11(16)15-8-3-4-9(13)10(14)5-8/h3-5H,1-2H3,(H,15,16)(H,17,18)/b7-6-. The van der Waals surface area contributed by atoms with Gasteiger partial charge in [0, 0.05) is 16.8 Å². The highest BCUT2D eigenvalue weighted by molar-refractivity contribution is 6.42. The van der Waals surface area contributed by atoms with Crippen molar-refractivity contribution >= 4 is 40.8 Å². The Morgan fingerprint density at radius 1 is 1.11 bits per heavy atom. The molecule has 4 nitrogen and oxygen atoms in total. The molecule has 1 aromatic carbocycles. The van der Waals surface area contributed by atoms with Crippen LogP contribution in [0.3, 0.4) is 0 Å². The second-order valence-corrected chi connectivity index (χ2v) is 4.45. The summed E-state index contributed by atoms with van der Waals surface area (Å²) < 4.78 is 0. The van der Waals surface area contributed by atoms with E-state index in [0.29, 0.717) is 15.7 Å². The Hall–Kier alpha value is -1.52. The van der Waals surface area contributed by atoms with Crippen molar-refractivity contribution in [2.75, 3.05) is 5.32 Å².